The van der Waals surface area contributed by atoms with Crippen molar-refractivity contribution in [3.05, 3.63) is 59.0 Å². The lowest BCUT2D eigenvalue weighted by atomic mass is 10.3. The van der Waals surface area contributed by atoms with E-state index in [2.05, 4.69) is 30.6 Å². The predicted octanol–water partition coefficient (Wildman–Crippen LogP) is 2.31. The third-order valence-corrected chi connectivity index (χ3v) is 4.86. The van der Waals surface area contributed by atoms with Gasteiger partial charge < -0.3 is 19.9 Å². The number of benzene rings is 1. The standard InChI is InChI=1S/C20H17Cl2N7O4/c21-12-5-6-16(23-9-12)26-19(31)15(10-32-8-7-30)33-20-17-18(24-11-25-20)29(28-27-17)14-4-2-1-3-13(14)22/h1-6,9,11,15,30H,7-8,10H2,(H,23,26,31)/t15-/m0/s1. The number of rotatable bonds is 9. The number of hydrogen-bond acceptors (Lipinski definition) is 9. The van der Waals surface area contributed by atoms with Crippen molar-refractivity contribution >= 4 is 46.1 Å². The first-order valence-corrected chi connectivity index (χ1v) is 10.4. The van der Waals surface area contributed by atoms with Gasteiger partial charge in [0.15, 0.2) is 11.2 Å². The molecule has 2 N–H and O–H groups in total. The lowest BCUT2D eigenvalue weighted by molar-refractivity contribution is -0.125. The van der Waals surface area contributed by atoms with E-state index in [-0.39, 0.29) is 37.0 Å². The fraction of sp³-hybridized carbons (Fsp3) is 0.200. The van der Waals surface area contributed by atoms with Crippen molar-refractivity contribution in [2.45, 2.75) is 6.10 Å². The molecule has 4 aromatic rings. The molecule has 0 saturated carbocycles. The second kappa shape index (κ2) is 10.5. The Kier molecular flexibility index (Phi) is 7.25. The number of aliphatic hydroxyl groups is 1. The molecule has 0 saturated heterocycles. The largest absolute Gasteiger partial charge is 0.460 e. The highest BCUT2D eigenvalue weighted by Gasteiger charge is 2.25. The third kappa shape index (κ3) is 5.34. The van der Waals surface area contributed by atoms with E-state index < -0.39 is 12.0 Å². The number of ether oxygens (including phenoxy) is 2. The van der Waals surface area contributed by atoms with Crippen molar-refractivity contribution < 1.29 is 19.4 Å². The summed E-state index contributed by atoms with van der Waals surface area (Å²) in [7, 11) is 0. The normalized spacial score (nSPS) is 12.0. The van der Waals surface area contributed by atoms with E-state index in [0.717, 1.165) is 0 Å². The second-order valence-electron chi connectivity index (χ2n) is 6.56. The minimum Gasteiger partial charge on any atom is -0.460 e. The van der Waals surface area contributed by atoms with Crippen LogP contribution >= 0.6 is 23.2 Å². The van der Waals surface area contributed by atoms with Crippen LogP contribution in [0.1, 0.15) is 0 Å². The molecule has 11 nitrogen and oxygen atoms in total. The van der Waals surface area contributed by atoms with Gasteiger partial charge in [-0.1, -0.05) is 40.5 Å². The number of nitrogens with zero attached hydrogens (tertiary/aromatic N) is 6. The molecule has 1 aromatic carbocycles. The molecule has 0 aliphatic carbocycles. The zero-order valence-electron chi connectivity index (χ0n) is 16.9. The second-order valence-corrected chi connectivity index (χ2v) is 7.40. The fourth-order valence-electron chi connectivity index (χ4n) is 2.81. The Labute approximate surface area is 197 Å². The van der Waals surface area contributed by atoms with Crippen LogP contribution < -0.4 is 10.1 Å². The molecule has 33 heavy (non-hydrogen) atoms. The molecule has 13 heteroatoms. The first-order valence-electron chi connectivity index (χ1n) is 9.66. The zero-order valence-corrected chi connectivity index (χ0v) is 18.4. The summed E-state index contributed by atoms with van der Waals surface area (Å²) in [6, 6.07) is 10.2. The predicted molar refractivity (Wildman–Crippen MR) is 120 cm³/mol. The first-order chi connectivity index (χ1) is 16.1. The highest BCUT2D eigenvalue weighted by Crippen LogP contribution is 2.25. The van der Waals surface area contributed by atoms with Crippen LogP contribution in [-0.4, -0.2) is 66.9 Å². The summed E-state index contributed by atoms with van der Waals surface area (Å²) in [5, 5.41) is 20.7. The monoisotopic (exact) mass is 489 g/mol. The molecule has 1 atom stereocenters. The van der Waals surface area contributed by atoms with E-state index in [0.29, 0.717) is 21.4 Å². The lowest BCUT2D eigenvalue weighted by Crippen LogP contribution is -2.37. The number of aliphatic hydroxyl groups excluding tert-OH is 1. The van der Waals surface area contributed by atoms with Crippen molar-refractivity contribution in [2.75, 3.05) is 25.1 Å². The van der Waals surface area contributed by atoms with Crippen molar-refractivity contribution in [1.82, 2.24) is 29.9 Å². The summed E-state index contributed by atoms with van der Waals surface area (Å²) >= 11 is 12.1. The third-order valence-electron chi connectivity index (χ3n) is 4.31. The minimum absolute atomic E-state index is 0.0220. The Balaban J connectivity index is 1.61. The molecule has 0 aliphatic heterocycles. The van der Waals surface area contributed by atoms with Crippen molar-refractivity contribution in [1.29, 1.82) is 0 Å². The SMILES string of the molecule is O=C(Nc1ccc(Cl)cn1)[C@H](COCCO)Oc1ncnc2c1nnn2-c1ccccc1Cl. The summed E-state index contributed by atoms with van der Waals surface area (Å²) < 4.78 is 12.6. The molecule has 0 fully saturated rings. The average molecular weight is 490 g/mol. The van der Waals surface area contributed by atoms with Gasteiger partial charge in [-0.25, -0.2) is 9.97 Å². The van der Waals surface area contributed by atoms with Crippen LogP contribution in [0.5, 0.6) is 5.88 Å². The van der Waals surface area contributed by atoms with Crippen LogP contribution in [0.4, 0.5) is 5.82 Å². The summed E-state index contributed by atoms with van der Waals surface area (Å²) in [6.45, 7) is -0.352. The molecule has 4 rings (SSSR count). The Morgan fingerprint density at radius 3 is 2.76 bits per heavy atom. The van der Waals surface area contributed by atoms with E-state index in [1.165, 1.54) is 17.2 Å². The van der Waals surface area contributed by atoms with Gasteiger partial charge in [0.05, 0.1) is 35.6 Å². The zero-order chi connectivity index (χ0) is 23.2. The number of anilines is 1. The lowest BCUT2D eigenvalue weighted by Gasteiger charge is -2.18. The van der Waals surface area contributed by atoms with Crippen molar-refractivity contribution in [3.63, 3.8) is 0 Å². The Hall–Kier alpha value is -3.38. The van der Waals surface area contributed by atoms with Gasteiger partial charge in [0.25, 0.3) is 5.91 Å². The fourth-order valence-corrected chi connectivity index (χ4v) is 3.14. The van der Waals surface area contributed by atoms with Crippen LogP contribution in [0.15, 0.2) is 48.9 Å². The number of aromatic nitrogens is 6. The van der Waals surface area contributed by atoms with Gasteiger partial charge in [-0.2, -0.15) is 9.67 Å². The number of nitrogens with one attached hydrogen (secondary N) is 1. The van der Waals surface area contributed by atoms with E-state index in [9.17, 15) is 4.79 Å². The Morgan fingerprint density at radius 2 is 2.00 bits per heavy atom. The maximum atomic E-state index is 12.8. The summed E-state index contributed by atoms with van der Waals surface area (Å²) in [5.74, 6) is -0.249. The van der Waals surface area contributed by atoms with E-state index >= 15 is 0 Å². The molecule has 0 radical (unpaired) electrons. The maximum Gasteiger partial charge on any atom is 0.269 e. The molecular weight excluding hydrogens is 473 g/mol. The number of halogens is 2. The topological polar surface area (TPSA) is 137 Å². The van der Waals surface area contributed by atoms with E-state index in [1.54, 1.807) is 36.4 Å². The van der Waals surface area contributed by atoms with Gasteiger partial charge in [-0.15, -0.1) is 5.10 Å². The van der Waals surface area contributed by atoms with E-state index in [1.807, 2.05) is 0 Å². The quantitative estimate of drug-likeness (QED) is 0.339. The molecular formula is C20H17Cl2N7O4. The van der Waals surface area contributed by atoms with Gasteiger partial charge in [0.1, 0.15) is 12.1 Å². The Bertz CT molecular complexity index is 1250. The number of para-hydroxylation sites is 1. The van der Waals surface area contributed by atoms with Gasteiger partial charge in [0, 0.05) is 6.20 Å². The first kappa shape index (κ1) is 22.8. The number of hydrogen-bond donors (Lipinski definition) is 2. The molecule has 0 unspecified atom stereocenters. The highest BCUT2D eigenvalue weighted by atomic mass is 35.5. The molecule has 3 heterocycles. The molecule has 0 bridgehead atoms. The molecule has 3 aromatic heterocycles. The smallest absolute Gasteiger partial charge is 0.269 e. The summed E-state index contributed by atoms with van der Waals surface area (Å²) in [5.41, 5.74) is 1.13. The minimum atomic E-state index is -1.14. The van der Waals surface area contributed by atoms with Gasteiger partial charge in [0.2, 0.25) is 12.0 Å². The Morgan fingerprint density at radius 1 is 1.15 bits per heavy atom. The van der Waals surface area contributed by atoms with Crippen molar-refractivity contribution in [2.24, 2.45) is 0 Å². The highest BCUT2D eigenvalue weighted by molar-refractivity contribution is 6.32. The van der Waals surface area contributed by atoms with E-state index in [4.69, 9.17) is 37.8 Å². The number of fused-ring (bicyclic) bond motifs is 1. The molecule has 170 valence electrons. The van der Waals surface area contributed by atoms with Gasteiger partial charge in [-0.05, 0) is 24.3 Å². The van der Waals surface area contributed by atoms with Crippen molar-refractivity contribution in [3.8, 4) is 11.6 Å². The van der Waals surface area contributed by atoms with Crippen LogP contribution in [0.2, 0.25) is 10.0 Å². The molecule has 0 aliphatic rings. The average Bonchev–Trinajstić information content (AvgIpc) is 3.25. The summed E-state index contributed by atoms with van der Waals surface area (Å²) in [4.78, 5) is 25.2. The summed E-state index contributed by atoms with van der Waals surface area (Å²) in [6.07, 6.45) is 1.52. The number of pyridine rings is 1. The molecule has 0 spiro atoms. The van der Waals surface area contributed by atoms with Crippen LogP contribution in [0.25, 0.3) is 16.9 Å². The number of amides is 1. The maximum absolute atomic E-state index is 12.8. The van der Waals surface area contributed by atoms with Crippen LogP contribution in [0.3, 0.4) is 0 Å². The van der Waals surface area contributed by atoms with Crippen LogP contribution in [-0.2, 0) is 9.53 Å². The van der Waals surface area contributed by atoms with Gasteiger partial charge in [-0.3, -0.25) is 4.79 Å². The molecule has 1 amide bonds. The van der Waals surface area contributed by atoms with Gasteiger partial charge >= 0.3 is 0 Å². The van der Waals surface area contributed by atoms with Crippen LogP contribution in [0, 0.1) is 0 Å². The number of carbonyl (C=O) groups excluding carboxylic acids is 1. The number of carbonyl (C=O) groups is 1.